The maximum absolute atomic E-state index is 13.0. The Bertz CT molecular complexity index is 851. The Kier molecular flexibility index (Phi) is 5.95. The molecule has 1 aromatic carbocycles. The summed E-state index contributed by atoms with van der Waals surface area (Å²) in [6, 6.07) is 1.84. The van der Waals surface area contributed by atoms with Gasteiger partial charge >= 0.3 is 0 Å². The van der Waals surface area contributed by atoms with Crippen LogP contribution in [-0.4, -0.2) is 34.2 Å². The van der Waals surface area contributed by atoms with Gasteiger partial charge in [0.05, 0.1) is 32.9 Å². The maximum Gasteiger partial charge on any atom is 0.204 e. The molecule has 0 heterocycles. The first-order chi connectivity index (χ1) is 13.0. The van der Waals surface area contributed by atoms with Crippen LogP contribution in [0, 0.1) is 5.92 Å². The third-order valence-corrected chi connectivity index (χ3v) is 5.84. The van der Waals surface area contributed by atoms with Gasteiger partial charge in [-0.2, -0.15) is 0 Å². The van der Waals surface area contributed by atoms with Gasteiger partial charge in [-0.05, 0) is 71.0 Å². The highest BCUT2D eigenvalue weighted by Crippen LogP contribution is 2.46. The van der Waals surface area contributed by atoms with Gasteiger partial charge in [-0.15, -0.1) is 0 Å². The van der Waals surface area contributed by atoms with Crippen LogP contribution in [0.2, 0.25) is 0 Å². The third kappa shape index (κ3) is 3.63. The van der Waals surface area contributed by atoms with E-state index in [0.717, 1.165) is 46.2 Å². The molecule has 1 aromatic rings. The first kappa shape index (κ1) is 19.5. The number of hydrogen-bond acceptors (Lipinski definition) is 5. The molecule has 5 nitrogen and oxygen atoms in total. The van der Waals surface area contributed by atoms with E-state index in [1.165, 1.54) is 0 Å². The predicted octanol–water partition coefficient (Wildman–Crippen LogP) is 4.70. The Morgan fingerprint density at radius 1 is 1.07 bits per heavy atom. The Morgan fingerprint density at radius 2 is 1.81 bits per heavy atom. The molecule has 0 radical (unpaired) electrons. The van der Waals surface area contributed by atoms with E-state index in [4.69, 9.17) is 18.9 Å². The summed E-state index contributed by atoms with van der Waals surface area (Å²) in [5.74, 6) is 2.70. The van der Waals surface area contributed by atoms with Crippen LogP contribution in [0.5, 0.6) is 17.2 Å². The van der Waals surface area contributed by atoms with Crippen molar-refractivity contribution in [3.63, 3.8) is 0 Å². The van der Waals surface area contributed by atoms with Gasteiger partial charge in [-0.1, -0.05) is 0 Å². The van der Waals surface area contributed by atoms with Crippen molar-refractivity contribution in [3.05, 3.63) is 45.2 Å². The molecular formula is C21H23BrO5. The molecule has 0 amide bonds. The molecule has 144 valence electrons. The Labute approximate surface area is 167 Å². The van der Waals surface area contributed by atoms with Gasteiger partial charge in [0.15, 0.2) is 17.3 Å². The quantitative estimate of drug-likeness (QED) is 0.628. The molecule has 1 atom stereocenters. The Hall–Kier alpha value is -2.21. The topological polar surface area (TPSA) is 54.0 Å². The summed E-state index contributed by atoms with van der Waals surface area (Å²) < 4.78 is 22.3. The molecule has 2 aliphatic rings. The molecule has 6 heteroatoms. The smallest absolute Gasteiger partial charge is 0.204 e. The summed E-state index contributed by atoms with van der Waals surface area (Å²) >= 11 is 3.57. The van der Waals surface area contributed by atoms with Crippen molar-refractivity contribution in [2.75, 3.05) is 28.4 Å². The van der Waals surface area contributed by atoms with Crippen LogP contribution in [0.4, 0.5) is 0 Å². The SMILES string of the molecule is COC1=CCC2CCC(=Cc3cc(OC)c(OC)c(OC)c3Br)C(=O)C2=C1. The van der Waals surface area contributed by atoms with Crippen LogP contribution in [0.3, 0.4) is 0 Å². The van der Waals surface area contributed by atoms with E-state index < -0.39 is 0 Å². The van der Waals surface area contributed by atoms with Crippen LogP contribution >= 0.6 is 15.9 Å². The van der Waals surface area contributed by atoms with Gasteiger partial charge in [0.25, 0.3) is 0 Å². The number of fused-ring (bicyclic) bond motifs is 1. The number of hydrogen-bond donors (Lipinski definition) is 0. The summed E-state index contributed by atoms with van der Waals surface area (Å²) in [6.07, 6.45) is 8.35. The molecule has 0 bridgehead atoms. The van der Waals surface area contributed by atoms with Crippen LogP contribution in [0.1, 0.15) is 24.8 Å². The van der Waals surface area contributed by atoms with E-state index in [1.807, 2.05) is 24.3 Å². The van der Waals surface area contributed by atoms with Crippen molar-refractivity contribution in [2.24, 2.45) is 5.92 Å². The zero-order valence-corrected chi connectivity index (χ0v) is 17.5. The largest absolute Gasteiger partial charge is 0.497 e. The molecule has 0 N–H and O–H groups in total. The second-order valence-corrected chi connectivity index (χ2v) is 7.22. The molecule has 0 aliphatic heterocycles. The standard InChI is InChI=1S/C21H23BrO5/c1-24-15-8-7-12-5-6-13(19(23)16(12)11-15)9-14-10-17(25-2)20(26-3)21(27-4)18(14)22/h8-12H,5-7H2,1-4H3. The number of allylic oxidation sites excluding steroid dienone is 4. The van der Waals surface area contributed by atoms with E-state index >= 15 is 0 Å². The number of Topliss-reactive ketones (excluding diaryl/α,β-unsaturated/α-hetero) is 1. The lowest BCUT2D eigenvalue weighted by Crippen LogP contribution is -2.23. The van der Waals surface area contributed by atoms with Crippen molar-refractivity contribution in [1.82, 2.24) is 0 Å². The van der Waals surface area contributed by atoms with Gasteiger partial charge in [0.2, 0.25) is 5.75 Å². The number of carbonyl (C=O) groups excluding carboxylic acids is 1. The van der Waals surface area contributed by atoms with Gasteiger partial charge in [0, 0.05) is 11.1 Å². The average molecular weight is 435 g/mol. The fourth-order valence-corrected chi connectivity index (χ4v) is 4.15. The first-order valence-electron chi connectivity index (χ1n) is 8.73. The predicted molar refractivity (Wildman–Crippen MR) is 107 cm³/mol. The number of halogens is 1. The Balaban J connectivity index is 2.03. The zero-order chi connectivity index (χ0) is 19.6. The average Bonchev–Trinajstić information content (AvgIpc) is 2.70. The highest BCUT2D eigenvalue weighted by atomic mass is 79.9. The number of benzene rings is 1. The molecule has 0 saturated heterocycles. The zero-order valence-electron chi connectivity index (χ0n) is 15.9. The van der Waals surface area contributed by atoms with Crippen LogP contribution < -0.4 is 14.2 Å². The highest BCUT2D eigenvalue weighted by molar-refractivity contribution is 9.10. The second-order valence-electron chi connectivity index (χ2n) is 6.43. The van der Waals surface area contributed by atoms with Crippen LogP contribution in [0.15, 0.2) is 39.6 Å². The lowest BCUT2D eigenvalue weighted by atomic mass is 9.76. The summed E-state index contributed by atoms with van der Waals surface area (Å²) in [7, 11) is 6.33. The van der Waals surface area contributed by atoms with Crippen molar-refractivity contribution >= 4 is 27.8 Å². The number of methoxy groups -OCH3 is 4. The van der Waals surface area contributed by atoms with Gasteiger partial charge in [-0.3, -0.25) is 4.79 Å². The second kappa shape index (κ2) is 8.21. The normalized spacial score (nSPS) is 20.6. The number of rotatable bonds is 5. The number of carbonyl (C=O) groups is 1. The highest BCUT2D eigenvalue weighted by Gasteiger charge is 2.31. The van der Waals surface area contributed by atoms with Gasteiger partial charge in [-0.25, -0.2) is 0 Å². The van der Waals surface area contributed by atoms with Crippen LogP contribution in [0.25, 0.3) is 6.08 Å². The van der Waals surface area contributed by atoms with Gasteiger partial charge in [0.1, 0.15) is 5.76 Å². The summed E-state index contributed by atoms with van der Waals surface area (Å²) in [5, 5.41) is 0. The number of ketones is 1. The molecule has 1 fully saturated rings. The minimum absolute atomic E-state index is 0.0783. The molecular weight excluding hydrogens is 412 g/mol. The summed E-state index contributed by atoms with van der Waals surface area (Å²) in [6.45, 7) is 0. The van der Waals surface area contributed by atoms with Crippen LogP contribution in [-0.2, 0) is 9.53 Å². The van der Waals surface area contributed by atoms with Crippen molar-refractivity contribution in [1.29, 1.82) is 0 Å². The molecule has 1 unspecified atom stereocenters. The minimum atomic E-state index is 0.0783. The summed E-state index contributed by atoms with van der Waals surface area (Å²) in [5.41, 5.74) is 2.41. The lowest BCUT2D eigenvalue weighted by Gasteiger charge is -2.28. The molecule has 27 heavy (non-hydrogen) atoms. The van der Waals surface area contributed by atoms with Crippen molar-refractivity contribution < 1.29 is 23.7 Å². The maximum atomic E-state index is 13.0. The summed E-state index contributed by atoms with van der Waals surface area (Å²) in [4.78, 5) is 13.0. The fraction of sp³-hybridized carbons (Fsp3) is 0.381. The molecule has 1 saturated carbocycles. The molecule has 0 aromatic heterocycles. The fourth-order valence-electron chi connectivity index (χ4n) is 3.58. The van der Waals surface area contributed by atoms with E-state index in [9.17, 15) is 4.79 Å². The van der Waals surface area contributed by atoms with Crippen molar-refractivity contribution in [3.8, 4) is 17.2 Å². The third-order valence-electron chi connectivity index (χ3n) is 5.02. The molecule has 3 rings (SSSR count). The number of ether oxygens (including phenoxy) is 4. The monoisotopic (exact) mass is 434 g/mol. The molecule has 0 spiro atoms. The molecule has 2 aliphatic carbocycles. The van der Waals surface area contributed by atoms with E-state index in [-0.39, 0.29) is 11.7 Å². The Morgan fingerprint density at radius 3 is 2.44 bits per heavy atom. The first-order valence-corrected chi connectivity index (χ1v) is 9.52. The van der Waals surface area contributed by atoms with Crippen molar-refractivity contribution in [2.45, 2.75) is 19.3 Å². The van der Waals surface area contributed by atoms with Gasteiger partial charge < -0.3 is 18.9 Å². The lowest BCUT2D eigenvalue weighted by molar-refractivity contribution is -0.113. The van der Waals surface area contributed by atoms with E-state index in [1.54, 1.807) is 28.4 Å². The minimum Gasteiger partial charge on any atom is -0.497 e. The van der Waals surface area contributed by atoms with E-state index in [0.29, 0.717) is 17.2 Å². The van der Waals surface area contributed by atoms with E-state index in [2.05, 4.69) is 15.9 Å².